The van der Waals surface area contributed by atoms with Crippen LogP contribution in [0.5, 0.6) is 0 Å². The molecule has 1 heterocycles. The highest BCUT2D eigenvalue weighted by Gasteiger charge is 2.11. The molecule has 1 rings (SSSR count). The van der Waals surface area contributed by atoms with Crippen molar-refractivity contribution in [1.29, 1.82) is 0 Å². The number of nitrogens with zero attached hydrogens (tertiary/aromatic N) is 2. The van der Waals surface area contributed by atoms with Gasteiger partial charge in [-0.15, -0.1) is 0 Å². The van der Waals surface area contributed by atoms with Crippen LogP contribution in [0.2, 0.25) is 5.15 Å². The van der Waals surface area contributed by atoms with Crippen molar-refractivity contribution in [3.63, 3.8) is 0 Å². The van der Waals surface area contributed by atoms with Crippen molar-refractivity contribution in [2.75, 3.05) is 6.61 Å². The van der Waals surface area contributed by atoms with Crippen molar-refractivity contribution in [2.45, 2.75) is 32.6 Å². The second-order valence-electron chi connectivity index (χ2n) is 3.82. The van der Waals surface area contributed by atoms with E-state index in [2.05, 4.69) is 17.5 Å². The van der Waals surface area contributed by atoms with E-state index in [0.29, 0.717) is 17.5 Å². The summed E-state index contributed by atoms with van der Waals surface area (Å²) in [7, 11) is 1.65. The number of rotatable bonds is 7. The summed E-state index contributed by atoms with van der Waals surface area (Å²) in [5.74, 6) is -0.331. The number of amides is 1. The summed E-state index contributed by atoms with van der Waals surface area (Å²) in [5.41, 5.74) is 2.75. The Morgan fingerprint density at radius 2 is 2.29 bits per heavy atom. The first kappa shape index (κ1) is 14.0. The van der Waals surface area contributed by atoms with Gasteiger partial charge in [-0.05, 0) is 6.42 Å². The lowest BCUT2D eigenvalue weighted by molar-refractivity contribution is 0.0289. The van der Waals surface area contributed by atoms with Gasteiger partial charge in [0.05, 0.1) is 6.61 Å². The third-order valence-corrected chi connectivity index (χ3v) is 2.53. The summed E-state index contributed by atoms with van der Waals surface area (Å²) in [6.45, 7) is 2.67. The third-order valence-electron chi connectivity index (χ3n) is 2.35. The summed E-state index contributed by atoms with van der Waals surface area (Å²) in [5, 5.41) is 4.16. The fourth-order valence-corrected chi connectivity index (χ4v) is 1.63. The van der Waals surface area contributed by atoms with Crippen LogP contribution in [0.15, 0.2) is 6.07 Å². The van der Waals surface area contributed by atoms with Crippen LogP contribution in [0.3, 0.4) is 0 Å². The van der Waals surface area contributed by atoms with E-state index in [9.17, 15) is 4.79 Å². The van der Waals surface area contributed by atoms with Gasteiger partial charge in [-0.3, -0.25) is 14.3 Å². The van der Waals surface area contributed by atoms with E-state index in [-0.39, 0.29) is 5.91 Å². The van der Waals surface area contributed by atoms with Gasteiger partial charge in [-0.25, -0.2) is 5.48 Å². The highest BCUT2D eigenvalue weighted by atomic mass is 35.5. The van der Waals surface area contributed by atoms with Gasteiger partial charge < -0.3 is 0 Å². The molecule has 6 heteroatoms. The van der Waals surface area contributed by atoms with E-state index >= 15 is 0 Å². The van der Waals surface area contributed by atoms with Gasteiger partial charge in [0.25, 0.3) is 5.91 Å². The van der Waals surface area contributed by atoms with Gasteiger partial charge in [-0.2, -0.15) is 5.10 Å². The fraction of sp³-hybridized carbons (Fsp3) is 0.636. The molecule has 1 aromatic heterocycles. The standard InChI is InChI=1S/C11H18ClN3O2/c1-3-4-5-6-7-17-14-11(16)9-8-10(12)13-15(9)2/h8H,3-7H2,1-2H3,(H,14,16). The number of aryl methyl sites for hydroxylation is 1. The quantitative estimate of drug-likeness (QED) is 0.604. The number of nitrogens with one attached hydrogen (secondary N) is 1. The highest BCUT2D eigenvalue weighted by Crippen LogP contribution is 2.08. The number of carbonyl (C=O) groups excluding carboxylic acids is 1. The highest BCUT2D eigenvalue weighted by molar-refractivity contribution is 6.29. The molecule has 0 aliphatic rings. The average Bonchev–Trinajstić information content (AvgIpc) is 2.62. The third kappa shape index (κ3) is 4.75. The summed E-state index contributed by atoms with van der Waals surface area (Å²) in [6, 6.07) is 1.50. The maximum atomic E-state index is 11.6. The molecule has 0 radical (unpaired) electrons. The summed E-state index contributed by atoms with van der Waals surface area (Å²) < 4.78 is 1.41. The molecule has 5 nitrogen and oxygen atoms in total. The zero-order chi connectivity index (χ0) is 12.7. The van der Waals surface area contributed by atoms with Crippen molar-refractivity contribution >= 4 is 17.5 Å². The predicted molar refractivity (Wildman–Crippen MR) is 65.8 cm³/mol. The van der Waals surface area contributed by atoms with Gasteiger partial charge in [0.1, 0.15) is 5.69 Å². The van der Waals surface area contributed by atoms with E-state index in [1.807, 2.05) is 0 Å². The normalized spacial score (nSPS) is 10.5. The molecule has 0 saturated heterocycles. The Morgan fingerprint density at radius 3 is 2.88 bits per heavy atom. The van der Waals surface area contributed by atoms with Crippen LogP contribution < -0.4 is 5.48 Å². The fourth-order valence-electron chi connectivity index (χ4n) is 1.41. The number of hydrogen-bond donors (Lipinski definition) is 1. The topological polar surface area (TPSA) is 56.1 Å². The number of hydroxylamine groups is 1. The van der Waals surface area contributed by atoms with Gasteiger partial charge in [0.2, 0.25) is 0 Å². The molecule has 0 aromatic carbocycles. The monoisotopic (exact) mass is 259 g/mol. The van der Waals surface area contributed by atoms with Crippen molar-refractivity contribution in [3.05, 3.63) is 16.9 Å². The van der Waals surface area contributed by atoms with Crippen LogP contribution in [-0.4, -0.2) is 22.3 Å². The van der Waals surface area contributed by atoms with Crippen molar-refractivity contribution < 1.29 is 9.63 Å². The van der Waals surface area contributed by atoms with Gasteiger partial charge >= 0.3 is 0 Å². The van der Waals surface area contributed by atoms with Crippen molar-refractivity contribution in [1.82, 2.24) is 15.3 Å². The zero-order valence-electron chi connectivity index (χ0n) is 10.2. The van der Waals surface area contributed by atoms with Crippen LogP contribution in [0.25, 0.3) is 0 Å². The smallest absolute Gasteiger partial charge is 0.273 e. The predicted octanol–water partition coefficient (Wildman–Crippen LogP) is 2.32. The Bertz CT molecular complexity index is 366. The van der Waals surface area contributed by atoms with Crippen LogP contribution in [0.1, 0.15) is 43.1 Å². The van der Waals surface area contributed by atoms with E-state index in [1.165, 1.54) is 23.6 Å². The minimum atomic E-state index is -0.331. The molecule has 0 bridgehead atoms. The number of halogens is 1. The molecule has 0 atom stereocenters. The lowest BCUT2D eigenvalue weighted by Crippen LogP contribution is -2.26. The molecular weight excluding hydrogens is 242 g/mol. The van der Waals surface area contributed by atoms with Gasteiger partial charge in [-0.1, -0.05) is 37.8 Å². The van der Waals surface area contributed by atoms with Crippen LogP contribution in [0.4, 0.5) is 0 Å². The average molecular weight is 260 g/mol. The molecule has 1 N–H and O–H groups in total. The minimum Gasteiger partial charge on any atom is -0.273 e. The summed E-state index contributed by atoms with van der Waals surface area (Å²) in [6.07, 6.45) is 4.43. The SMILES string of the molecule is CCCCCCONC(=O)c1cc(Cl)nn1C. The molecular formula is C11H18ClN3O2. The maximum Gasteiger partial charge on any atom is 0.293 e. The maximum absolute atomic E-state index is 11.6. The number of hydrogen-bond acceptors (Lipinski definition) is 3. The Kier molecular flexibility index (Phi) is 6.00. The second-order valence-corrected chi connectivity index (χ2v) is 4.20. The molecule has 0 aliphatic heterocycles. The Hall–Kier alpha value is -1.07. The Balaban J connectivity index is 2.23. The number of aromatic nitrogens is 2. The molecule has 17 heavy (non-hydrogen) atoms. The molecule has 0 spiro atoms. The van der Waals surface area contributed by atoms with Crippen LogP contribution in [-0.2, 0) is 11.9 Å². The lowest BCUT2D eigenvalue weighted by atomic mass is 10.2. The molecule has 1 aromatic rings. The van der Waals surface area contributed by atoms with Crippen molar-refractivity contribution in [2.24, 2.45) is 7.05 Å². The molecule has 0 aliphatic carbocycles. The van der Waals surface area contributed by atoms with Gasteiger partial charge in [0.15, 0.2) is 5.15 Å². The van der Waals surface area contributed by atoms with Crippen LogP contribution in [0, 0.1) is 0 Å². The van der Waals surface area contributed by atoms with E-state index in [0.717, 1.165) is 12.8 Å². The summed E-state index contributed by atoms with van der Waals surface area (Å²) >= 11 is 5.68. The molecule has 0 unspecified atom stereocenters. The molecule has 96 valence electrons. The molecule has 1 amide bonds. The van der Waals surface area contributed by atoms with Crippen molar-refractivity contribution in [3.8, 4) is 0 Å². The number of carbonyl (C=O) groups is 1. The second kappa shape index (κ2) is 7.29. The first-order chi connectivity index (χ1) is 8.15. The zero-order valence-corrected chi connectivity index (χ0v) is 11.0. The van der Waals surface area contributed by atoms with Gasteiger partial charge in [0, 0.05) is 13.1 Å². The molecule has 0 fully saturated rings. The van der Waals surface area contributed by atoms with Crippen LogP contribution >= 0.6 is 11.6 Å². The summed E-state index contributed by atoms with van der Waals surface area (Å²) in [4.78, 5) is 16.7. The van der Waals surface area contributed by atoms with E-state index in [4.69, 9.17) is 16.4 Å². The lowest BCUT2D eigenvalue weighted by Gasteiger charge is -2.05. The Morgan fingerprint density at radius 1 is 1.53 bits per heavy atom. The number of unbranched alkanes of at least 4 members (excludes halogenated alkanes) is 3. The first-order valence-electron chi connectivity index (χ1n) is 5.76. The Labute approximate surface area is 106 Å². The molecule has 0 saturated carbocycles. The van der Waals surface area contributed by atoms with E-state index < -0.39 is 0 Å². The van der Waals surface area contributed by atoms with E-state index in [1.54, 1.807) is 7.05 Å². The minimum absolute atomic E-state index is 0.292. The first-order valence-corrected chi connectivity index (χ1v) is 6.14. The largest absolute Gasteiger partial charge is 0.293 e.